The minimum atomic E-state index is 0.703. The van der Waals surface area contributed by atoms with Gasteiger partial charge in [0.05, 0.1) is 11.6 Å². The van der Waals surface area contributed by atoms with E-state index in [4.69, 9.17) is 5.26 Å². The van der Waals surface area contributed by atoms with Crippen molar-refractivity contribution in [2.75, 3.05) is 23.3 Å². The van der Waals surface area contributed by atoms with Gasteiger partial charge in [0.25, 0.3) is 0 Å². The summed E-state index contributed by atoms with van der Waals surface area (Å²) in [5.41, 5.74) is 4.32. The van der Waals surface area contributed by atoms with Crippen LogP contribution in [0.5, 0.6) is 0 Å². The van der Waals surface area contributed by atoms with E-state index in [0.717, 1.165) is 12.2 Å². The Balaban J connectivity index is 1.58. The Labute approximate surface area is 125 Å². The third kappa shape index (κ3) is 3.35. The molecule has 1 N–H and O–H groups in total. The van der Waals surface area contributed by atoms with Gasteiger partial charge in [-0.05, 0) is 54.8 Å². The molecular formula is C18H19N3. The third-order valence-corrected chi connectivity index (χ3v) is 3.92. The molecule has 0 radical (unpaired) electrons. The van der Waals surface area contributed by atoms with Crippen LogP contribution in [-0.4, -0.2) is 13.1 Å². The second kappa shape index (κ2) is 6.32. The average molecular weight is 277 g/mol. The number of hydrogen-bond acceptors (Lipinski definition) is 3. The van der Waals surface area contributed by atoms with Crippen molar-refractivity contribution >= 4 is 11.4 Å². The van der Waals surface area contributed by atoms with Crippen molar-refractivity contribution in [1.29, 1.82) is 5.26 Å². The van der Waals surface area contributed by atoms with Crippen molar-refractivity contribution in [1.82, 2.24) is 0 Å². The first-order valence-corrected chi connectivity index (χ1v) is 7.43. The Kier molecular flexibility index (Phi) is 4.07. The topological polar surface area (TPSA) is 39.1 Å². The summed E-state index contributed by atoms with van der Waals surface area (Å²) < 4.78 is 0. The van der Waals surface area contributed by atoms with E-state index in [1.807, 2.05) is 24.3 Å². The lowest BCUT2D eigenvalue weighted by Gasteiger charge is -2.18. The molecule has 0 saturated carbocycles. The molecule has 21 heavy (non-hydrogen) atoms. The molecule has 2 aromatic rings. The summed E-state index contributed by atoms with van der Waals surface area (Å²) in [6, 6.07) is 18.5. The molecule has 3 heteroatoms. The second-order valence-electron chi connectivity index (χ2n) is 5.40. The Bertz CT molecular complexity index is 617. The normalized spacial score (nSPS) is 14.0. The maximum Gasteiger partial charge on any atom is 0.0991 e. The highest BCUT2D eigenvalue weighted by Gasteiger charge is 2.11. The first kappa shape index (κ1) is 13.5. The van der Waals surface area contributed by atoms with Gasteiger partial charge in [0, 0.05) is 31.0 Å². The number of nitrogens with zero attached hydrogens (tertiary/aromatic N) is 2. The van der Waals surface area contributed by atoms with Crippen molar-refractivity contribution in [2.45, 2.75) is 19.4 Å². The van der Waals surface area contributed by atoms with Gasteiger partial charge in [-0.15, -0.1) is 0 Å². The average Bonchev–Trinajstić information content (AvgIpc) is 3.08. The Morgan fingerprint density at radius 3 is 2.24 bits per heavy atom. The van der Waals surface area contributed by atoms with Crippen LogP contribution >= 0.6 is 0 Å². The van der Waals surface area contributed by atoms with Crippen LogP contribution in [0.1, 0.15) is 24.0 Å². The van der Waals surface area contributed by atoms with Crippen LogP contribution < -0.4 is 10.2 Å². The molecule has 0 aromatic heterocycles. The van der Waals surface area contributed by atoms with E-state index in [1.165, 1.54) is 37.2 Å². The van der Waals surface area contributed by atoms with E-state index < -0.39 is 0 Å². The number of nitrogens with one attached hydrogen (secondary N) is 1. The Morgan fingerprint density at radius 1 is 0.952 bits per heavy atom. The van der Waals surface area contributed by atoms with Crippen molar-refractivity contribution in [3.05, 3.63) is 59.7 Å². The van der Waals surface area contributed by atoms with Crippen LogP contribution in [0.3, 0.4) is 0 Å². The van der Waals surface area contributed by atoms with E-state index in [1.54, 1.807) is 0 Å². The van der Waals surface area contributed by atoms with Gasteiger partial charge in [0.15, 0.2) is 0 Å². The van der Waals surface area contributed by atoms with Crippen LogP contribution in [0.15, 0.2) is 48.5 Å². The quantitative estimate of drug-likeness (QED) is 0.924. The minimum Gasteiger partial charge on any atom is -0.381 e. The van der Waals surface area contributed by atoms with E-state index in [9.17, 15) is 0 Å². The summed E-state index contributed by atoms with van der Waals surface area (Å²) in [5, 5.41) is 12.2. The SMILES string of the molecule is N#Cc1ccc(CNc2ccc(N3CCCC3)cc2)cc1. The van der Waals surface area contributed by atoms with E-state index in [2.05, 4.69) is 40.6 Å². The first-order valence-electron chi connectivity index (χ1n) is 7.43. The molecule has 0 unspecified atom stereocenters. The summed E-state index contributed by atoms with van der Waals surface area (Å²) >= 11 is 0. The van der Waals surface area contributed by atoms with Crippen LogP contribution in [0.4, 0.5) is 11.4 Å². The molecule has 0 spiro atoms. The number of rotatable bonds is 4. The molecule has 1 saturated heterocycles. The van der Waals surface area contributed by atoms with Crippen molar-refractivity contribution in [2.24, 2.45) is 0 Å². The maximum absolute atomic E-state index is 8.78. The molecule has 1 heterocycles. The number of hydrogen-bond donors (Lipinski definition) is 1. The summed E-state index contributed by atoms with van der Waals surface area (Å²) in [4.78, 5) is 2.43. The van der Waals surface area contributed by atoms with Crippen LogP contribution in [0.2, 0.25) is 0 Å². The van der Waals surface area contributed by atoms with E-state index in [-0.39, 0.29) is 0 Å². The van der Waals surface area contributed by atoms with Gasteiger partial charge < -0.3 is 10.2 Å². The molecule has 106 valence electrons. The lowest BCUT2D eigenvalue weighted by Crippen LogP contribution is -2.17. The second-order valence-corrected chi connectivity index (χ2v) is 5.40. The zero-order valence-electron chi connectivity index (χ0n) is 12.0. The molecule has 3 rings (SSSR count). The van der Waals surface area contributed by atoms with Crippen molar-refractivity contribution in [3.63, 3.8) is 0 Å². The fourth-order valence-electron chi connectivity index (χ4n) is 2.67. The fraction of sp³-hybridized carbons (Fsp3) is 0.278. The Hall–Kier alpha value is -2.47. The third-order valence-electron chi connectivity index (χ3n) is 3.92. The van der Waals surface area contributed by atoms with Gasteiger partial charge in [0.1, 0.15) is 0 Å². The molecular weight excluding hydrogens is 258 g/mol. The van der Waals surface area contributed by atoms with Gasteiger partial charge >= 0.3 is 0 Å². The highest BCUT2D eigenvalue weighted by molar-refractivity contribution is 5.55. The minimum absolute atomic E-state index is 0.703. The summed E-state index contributed by atoms with van der Waals surface area (Å²) in [7, 11) is 0. The number of nitriles is 1. The smallest absolute Gasteiger partial charge is 0.0991 e. The fourth-order valence-corrected chi connectivity index (χ4v) is 2.67. The molecule has 3 nitrogen and oxygen atoms in total. The van der Waals surface area contributed by atoms with Crippen LogP contribution in [0.25, 0.3) is 0 Å². The molecule has 2 aromatic carbocycles. The van der Waals surface area contributed by atoms with Crippen molar-refractivity contribution in [3.8, 4) is 6.07 Å². The zero-order valence-corrected chi connectivity index (χ0v) is 12.0. The largest absolute Gasteiger partial charge is 0.381 e. The monoisotopic (exact) mass is 277 g/mol. The predicted molar refractivity (Wildman–Crippen MR) is 86.4 cm³/mol. The van der Waals surface area contributed by atoms with Gasteiger partial charge in [-0.3, -0.25) is 0 Å². The lowest BCUT2D eigenvalue weighted by atomic mass is 10.1. The van der Waals surface area contributed by atoms with Crippen LogP contribution in [-0.2, 0) is 6.54 Å². The van der Waals surface area contributed by atoms with Crippen molar-refractivity contribution < 1.29 is 0 Å². The number of benzene rings is 2. The van der Waals surface area contributed by atoms with Gasteiger partial charge in [-0.2, -0.15) is 5.26 Å². The molecule has 0 atom stereocenters. The zero-order chi connectivity index (χ0) is 14.5. The maximum atomic E-state index is 8.78. The summed E-state index contributed by atoms with van der Waals surface area (Å²) in [6.07, 6.45) is 2.61. The summed E-state index contributed by atoms with van der Waals surface area (Å²) in [6.45, 7) is 3.13. The molecule has 0 amide bonds. The van der Waals surface area contributed by atoms with E-state index in [0.29, 0.717) is 5.56 Å². The van der Waals surface area contributed by atoms with Gasteiger partial charge in [-0.1, -0.05) is 12.1 Å². The first-order chi connectivity index (χ1) is 10.3. The Morgan fingerprint density at radius 2 is 1.62 bits per heavy atom. The molecule has 1 fully saturated rings. The standard InChI is InChI=1S/C18H19N3/c19-13-15-3-5-16(6-4-15)14-20-17-7-9-18(10-8-17)21-11-1-2-12-21/h3-10,20H,1-2,11-12,14H2. The lowest BCUT2D eigenvalue weighted by molar-refractivity contribution is 0.949. The highest BCUT2D eigenvalue weighted by Crippen LogP contribution is 2.22. The van der Waals surface area contributed by atoms with Crippen LogP contribution in [0, 0.1) is 11.3 Å². The van der Waals surface area contributed by atoms with Gasteiger partial charge in [0.2, 0.25) is 0 Å². The molecule has 0 bridgehead atoms. The summed E-state index contributed by atoms with van der Waals surface area (Å²) in [5.74, 6) is 0. The molecule has 1 aliphatic rings. The van der Waals surface area contributed by atoms with E-state index >= 15 is 0 Å². The van der Waals surface area contributed by atoms with Gasteiger partial charge in [-0.25, -0.2) is 0 Å². The predicted octanol–water partition coefficient (Wildman–Crippen LogP) is 3.77. The number of anilines is 2. The molecule has 1 aliphatic heterocycles. The molecule has 0 aliphatic carbocycles. The highest BCUT2D eigenvalue weighted by atomic mass is 15.1.